The lowest BCUT2D eigenvalue weighted by Crippen LogP contribution is -2.62. The Hall–Kier alpha value is -3.88. The van der Waals surface area contributed by atoms with Crippen molar-refractivity contribution in [2.75, 3.05) is 24.6 Å². The number of halogens is 2. The molecule has 0 bridgehead atoms. The van der Waals surface area contributed by atoms with Gasteiger partial charge in [-0.25, -0.2) is 18.6 Å². The number of hydrogen-bond acceptors (Lipinski definition) is 6. The van der Waals surface area contributed by atoms with Gasteiger partial charge in [0.1, 0.15) is 35.1 Å². The summed E-state index contributed by atoms with van der Waals surface area (Å²) in [6, 6.07) is 5.94. The topological polar surface area (TPSA) is 64.1 Å². The van der Waals surface area contributed by atoms with Crippen LogP contribution in [-0.4, -0.2) is 53.4 Å². The van der Waals surface area contributed by atoms with E-state index < -0.39 is 17.2 Å². The van der Waals surface area contributed by atoms with Gasteiger partial charge in [-0.1, -0.05) is 6.07 Å². The van der Waals surface area contributed by atoms with Gasteiger partial charge >= 0.3 is 6.09 Å². The molecule has 3 aliphatic rings. The van der Waals surface area contributed by atoms with E-state index in [0.717, 1.165) is 0 Å². The molecule has 2 atom stereocenters. The lowest BCUT2D eigenvalue weighted by molar-refractivity contribution is 0.00997. The lowest BCUT2D eigenvalue weighted by atomic mass is 9.91. The number of piperazine rings is 1. The first-order valence-corrected chi connectivity index (χ1v) is 12.7. The zero-order chi connectivity index (χ0) is 26.9. The molecule has 7 nitrogen and oxygen atoms in total. The second-order valence-electron chi connectivity index (χ2n) is 10.9. The highest BCUT2D eigenvalue weighted by Gasteiger charge is 2.41. The van der Waals surface area contributed by atoms with E-state index in [9.17, 15) is 9.18 Å². The van der Waals surface area contributed by atoms with E-state index >= 15 is 4.39 Å². The monoisotopic (exact) mass is 521 g/mol. The van der Waals surface area contributed by atoms with Gasteiger partial charge in [0.2, 0.25) is 0 Å². The molecule has 3 aromatic rings. The molecule has 1 aromatic heterocycles. The molecule has 0 unspecified atom stereocenters. The molecule has 0 N–H and O–H groups in total. The third-order valence-electron chi connectivity index (χ3n) is 7.20. The van der Waals surface area contributed by atoms with Gasteiger partial charge < -0.3 is 24.0 Å². The van der Waals surface area contributed by atoms with Crippen molar-refractivity contribution in [1.82, 2.24) is 9.88 Å². The maximum absolute atomic E-state index is 16.3. The Kier molecular flexibility index (Phi) is 5.52. The van der Waals surface area contributed by atoms with Gasteiger partial charge in [-0.05, 0) is 58.9 Å². The van der Waals surface area contributed by atoms with Crippen LogP contribution in [0.15, 0.2) is 36.5 Å². The molecule has 198 valence electrons. The van der Waals surface area contributed by atoms with E-state index in [2.05, 4.69) is 9.88 Å². The number of amides is 1. The van der Waals surface area contributed by atoms with Gasteiger partial charge in [-0.3, -0.25) is 0 Å². The van der Waals surface area contributed by atoms with Crippen LogP contribution in [0.3, 0.4) is 0 Å². The molecule has 1 saturated heterocycles. The first-order chi connectivity index (χ1) is 18.1. The van der Waals surface area contributed by atoms with Crippen molar-refractivity contribution in [3.63, 3.8) is 0 Å². The Labute approximate surface area is 219 Å². The highest BCUT2D eigenvalue weighted by atomic mass is 19.1. The van der Waals surface area contributed by atoms with Gasteiger partial charge in [0, 0.05) is 35.6 Å². The minimum atomic E-state index is -0.614. The number of aromatic nitrogens is 1. The fourth-order valence-electron chi connectivity index (χ4n) is 5.54. The molecular weight excluding hydrogens is 492 g/mol. The third-order valence-corrected chi connectivity index (χ3v) is 7.20. The number of allylic oxidation sites excluding steroid dienone is 1. The number of carbonyl (C=O) groups excluding carboxylic acids is 1. The number of fused-ring (bicyclic) bond motifs is 8. The standard InChI is InChI=1S/C29H29F2N3O4/c1-6-20-17-10-18-26(25(31)23(17)24-19(30)8-7-9-21(24)37-20)32-11-22-27(18)34-12-15(2)33(13-16(34)14-36-22)28(35)38-29(3,4)5/h6-11,15-16H,12-14H2,1-5H3/t15-,16-/m1/s1. The largest absolute Gasteiger partial charge is 0.488 e. The van der Waals surface area contributed by atoms with Crippen molar-refractivity contribution in [2.24, 2.45) is 0 Å². The second kappa shape index (κ2) is 8.58. The molecule has 0 spiro atoms. The summed E-state index contributed by atoms with van der Waals surface area (Å²) in [5, 5.41) is 0.545. The van der Waals surface area contributed by atoms with E-state index in [1.807, 2.05) is 27.7 Å². The van der Waals surface area contributed by atoms with Crippen LogP contribution in [-0.2, 0) is 4.74 Å². The number of ether oxygens (including phenoxy) is 3. The van der Waals surface area contributed by atoms with Crippen LogP contribution in [0.5, 0.6) is 11.5 Å². The second-order valence-corrected chi connectivity index (χ2v) is 10.9. The van der Waals surface area contributed by atoms with E-state index in [-0.39, 0.29) is 40.6 Å². The van der Waals surface area contributed by atoms with Gasteiger partial charge in [0.15, 0.2) is 11.6 Å². The number of nitrogens with zero attached hydrogens (tertiary/aromatic N) is 3. The average Bonchev–Trinajstić information content (AvgIpc) is 2.86. The molecule has 0 radical (unpaired) electrons. The first-order valence-electron chi connectivity index (χ1n) is 12.7. The summed E-state index contributed by atoms with van der Waals surface area (Å²) in [4.78, 5) is 21.2. The molecule has 9 heteroatoms. The first kappa shape index (κ1) is 24.5. The maximum atomic E-state index is 16.3. The zero-order valence-electron chi connectivity index (χ0n) is 22.0. The highest BCUT2D eigenvalue weighted by molar-refractivity contribution is 6.03. The summed E-state index contributed by atoms with van der Waals surface area (Å²) in [6.45, 7) is 10.5. The molecule has 1 fully saturated rings. The number of pyridine rings is 1. The van der Waals surface area contributed by atoms with Gasteiger partial charge in [-0.2, -0.15) is 0 Å². The summed E-state index contributed by atoms with van der Waals surface area (Å²) in [7, 11) is 0. The number of rotatable bonds is 0. The van der Waals surface area contributed by atoms with Crippen LogP contribution in [0.2, 0.25) is 0 Å². The van der Waals surface area contributed by atoms with Crippen LogP contribution in [0.4, 0.5) is 19.3 Å². The molecule has 6 rings (SSSR count). The quantitative estimate of drug-likeness (QED) is 0.354. The zero-order valence-corrected chi connectivity index (χ0v) is 22.0. The van der Waals surface area contributed by atoms with Crippen molar-refractivity contribution in [1.29, 1.82) is 0 Å². The van der Waals surface area contributed by atoms with E-state index in [4.69, 9.17) is 14.2 Å². The summed E-state index contributed by atoms with van der Waals surface area (Å²) in [5.41, 5.74) is 0.897. The van der Waals surface area contributed by atoms with Crippen LogP contribution < -0.4 is 14.4 Å². The molecule has 2 aromatic carbocycles. The van der Waals surface area contributed by atoms with Gasteiger partial charge in [-0.15, -0.1) is 0 Å². The number of anilines is 1. The van der Waals surface area contributed by atoms with E-state index in [1.54, 1.807) is 30.0 Å². The minimum absolute atomic E-state index is 0.0840. The molecule has 0 saturated carbocycles. The molecule has 1 amide bonds. The maximum Gasteiger partial charge on any atom is 0.410 e. The molecule has 0 aliphatic carbocycles. The Morgan fingerprint density at radius 3 is 2.71 bits per heavy atom. The van der Waals surface area contributed by atoms with Crippen molar-refractivity contribution in [2.45, 2.75) is 52.3 Å². The van der Waals surface area contributed by atoms with Crippen molar-refractivity contribution in [3.8, 4) is 22.6 Å². The fraction of sp³-hybridized carbons (Fsp3) is 0.379. The van der Waals surface area contributed by atoms with Crippen LogP contribution in [0.25, 0.3) is 27.8 Å². The fourth-order valence-corrected chi connectivity index (χ4v) is 5.54. The summed E-state index contributed by atoms with van der Waals surface area (Å²) in [5.74, 6) is 0.0593. The van der Waals surface area contributed by atoms with Crippen LogP contribution in [0, 0.1) is 11.6 Å². The molecule has 38 heavy (non-hydrogen) atoms. The minimum Gasteiger partial charge on any atom is -0.488 e. The summed E-state index contributed by atoms with van der Waals surface area (Å²) >= 11 is 0. The molecular formula is C29H29F2N3O4. The Balaban J connectivity index is 1.48. The summed E-state index contributed by atoms with van der Waals surface area (Å²) < 4.78 is 48.9. The number of hydrogen-bond donors (Lipinski definition) is 0. The highest BCUT2D eigenvalue weighted by Crippen LogP contribution is 2.49. The number of carbonyl (C=O) groups is 1. The Morgan fingerprint density at radius 1 is 1.18 bits per heavy atom. The lowest BCUT2D eigenvalue weighted by Gasteiger charge is -2.48. The van der Waals surface area contributed by atoms with Crippen molar-refractivity contribution >= 4 is 28.4 Å². The Bertz CT molecular complexity index is 1510. The summed E-state index contributed by atoms with van der Waals surface area (Å²) in [6.07, 6.45) is 2.89. The van der Waals surface area contributed by atoms with Crippen molar-refractivity contribution < 1.29 is 27.8 Å². The average molecular weight is 522 g/mol. The van der Waals surface area contributed by atoms with Gasteiger partial charge in [0.25, 0.3) is 0 Å². The SMILES string of the molecule is CC=C1Oc2cccc(F)c2-c2c1cc1c3c(cnc1c2F)OC[C@H]1CN(C(=O)OC(C)(C)C)[C@H](C)CN31. The van der Waals surface area contributed by atoms with Crippen molar-refractivity contribution in [3.05, 3.63) is 53.7 Å². The predicted molar refractivity (Wildman–Crippen MR) is 140 cm³/mol. The Morgan fingerprint density at radius 2 is 1.97 bits per heavy atom. The molecule has 4 heterocycles. The van der Waals surface area contributed by atoms with Crippen LogP contribution >= 0.6 is 0 Å². The smallest absolute Gasteiger partial charge is 0.410 e. The molecule has 3 aliphatic heterocycles. The van der Waals surface area contributed by atoms with Gasteiger partial charge in [0.05, 0.1) is 23.5 Å². The van der Waals surface area contributed by atoms with E-state index in [0.29, 0.717) is 47.8 Å². The predicted octanol–water partition coefficient (Wildman–Crippen LogP) is 6.14. The van der Waals surface area contributed by atoms with Crippen LogP contribution in [0.1, 0.15) is 40.2 Å². The normalized spacial score (nSPS) is 21.2. The van der Waals surface area contributed by atoms with E-state index in [1.165, 1.54) is 18.3 Å². The third kappa shape index (κ3) is 3.75. The number of benzene rings is 2.